The molecule has 2 rings (SSSR count). The number of rotatable bonds is 5. The molecule has 138 valence electrons. The first kappa shape index (κ1) is 19.6. The number of alkyl halides is 3. The molecule has 0 bridgehead atoms. The van der Waals surface area contributed by atoms with Crippen molar-refractivity contribution in [3.8, 4) is 0 Å². The molecular formula is C17H16F3N3O2S. The van der Waals surface area contributed by atoms with Crippen LogP contribution in [0.25, 0.3) is 0 Å². The maximum atomic E-state index is 12.6. The molecule has 0 radical (unpaired) electrons. The molecule has 0 saturated heterocycles. The predicted octanol–water partition coefficient (Wildman–Crippen LogP) is 4.28. The van der Waals surface area contributed by atoms with E-state index in [1.165, 1.54) is 24.3 Å². The van der Waals surface area contributed by atoms with Gasteiger partial charge in [-0.15, -0.1) is 0 Å². The number of anilines is 1. The van der Waals surface area contributed by atoms with E-state index in [9.17, 15) is 22.8 Å². The fourth-order valence-electron chi connectivity index (χ4n) is 2.22. The third-order valence-corrected chi connectivity index (χ3v) is 4.19. The standard InChI is InChI=1S/C17H16F3N3O2S/c1-10(11-6-8-12(9-7-11)23-16(21)25)22-15(24)13-4-2-3-5-14(13)26-17(18,19)20/h2-10H,1H3,(H,22,24)(H3,21,23,25). The van der Waals surface area contributed by atoms with Crippen LogP contribution in [0.4, 0.5) is 23.7 Å². The zero-order valence-corrected chi connectivity index (χ0v) is 14.4. The summed E-state index contributed by atoms with van der Waals surface area (Å²) in [5, 5.41) is 5.08. The summed E-state index contributed by atoms with van der Waals surface area (Å²) in [6, 6.07) is 11.0. The van der Waals surface area contributed by atoms with E-state index >= 15 is 0 Å². The van der Waals surface area contributed by atoms with Gasteiger partial charge < -0.3 is 16.4 Å². The summed E-state index contributed by atoms with van der Waals surface area (Å²) in [7, 11) is 0. The Morgan fingerprint density at radius 2 is 1.69 bits per heavy atom. The molecule has 0 spiro atoms. The van der Waals surface area contributed by atoms with Gasteiger partial charge >= 0.3 is 11.5 Å². The number of nitrogens with two attached hydrogens (primary N) is 1. The van der Waals surface area contributed by atoms with E-state index in [1.54, 1.807) is 31.2 Å². The fraction of sp³-hybridized carbons (Fsp3) is 0.176. The van der Waals surface area contributed by atoms with Crippen LogP contribution in [0.3, 0.4) is 0 Å². The maximum absolute atomic E-state index is 12.6. The molecule has 26 heavy (non-hydrogen) atoms. The van der Waals surface area contributed by atoms with E-state index in [4.69, 9.17) is 5.73 Å². The van der Waals surface area contributed by atoms with Crippen molar-refractivity contribution in [3.63, 3.8) is 0 Å². The Morgan fingerprint density at radius 1 is 1.08 bits per heavy atom. The van der Waals surface area contributed by atoms with Crippen molar-refractivity contribution in [1.82, 2.24) is 5.32 Å². The third kappa shape index (κ3) is 5.69. The van der Waals surface area contributed by atoms with Gasteiger partial charge in [0.1, 0.15) is 0 Å². The number of halogens is 3. The molecule has 0 saturated carbocycles. The molecule has 0 aliphatic heterocycles. The molecule has 1 unspecified atom stereocenters. The molecular weight excluding hydrogens is 367 g/mol. The quantitative estimate of drug-likeness (QED) is 0.674. The molecule has 2 aromatic carbocycles. The average molecular weight is 383 g/mol. The minimum atomic E-state index is -4.48. The Labute approximate surface area is 152 Å². The van der Waals surface area contributed by atoms with Crippen molar-refractivity contribution in [2.75, 3.05) is 5.32 Å². The van der Waals surface area contributed by atoms with E-state index in [-0.39, 0.29) is 22.2 Å². The number of carbonyl (C=O) groups is 2. The van der Waals surface area contributed by atoms with E-state index < -0.39 is 23.5 Å². The van der Waals surface area contributed by atoms with Crippen molar-refractivity contribution in [1.29, 1.82) is 0 Å². The van der Waals surface area contributed by atoms with Gasteiger partial charge in [-0.3, -0.25) is 4.79 Å². The highest BCUT2D eigenvalue weighted by Gasteiger charge is 2.31. The fourth-order valence-corrected chi connectivity index (χ4v) is 2.89. The Kier molecular flexibility index (Phi) is 6.14. The van der Waals surface area contributed by atoms with E-state index in [0.717, 1.165) is 0 Å². The van der Waals surface area contributed by atoms with Crippen LogP contribution in [-0.4, -0.2) is 17.4 Å². The predicted molar refractivity (Wildman–Crippen MR) is 93.9 cm³/mol. The normalized spacial score (nSPS) is 12.3. The summed E-state index contributed by atoms with van der Waals surface area (Å²) in [5.41, 5.74) is 1.70. The molecule has 1 atom stereocenters. The van der Waals surface area contributed by atoms with Gasteiger partial charge in [-0.1, -0.05) is 24.3 Å². The molecule has 0 aliphatic carbocycles. The van der Waals surface area contributed by atoms with Crippen LogP contribution in [0.2, 0.25) is 0 Å². The van der Waals surface area contributed by atoms with Gasteiger partial charge in [0, 0.05) is 10.6 Å². The SMILES string of the molecule is CC(NC(=O)c1ccccc1SC(F)(F)F)c1ccc(NC(N)=O)cc1. The lowest BCUT2D eigenvalue weighted by Crippen LogP contribution is -2.27. The van der Waals surface area contributed by atoms with E-state index in [1.807, 2.05) is 0 Å². The number of hydrogen-bond acceptors (Lipinski definition) is 3. The Hall–Kier alpha value is -2.68. The number of hydrogen-bond donors (Lipinski definition) is 3. The lowest BCUT2D eigenvalue weighted by atomic mass is 10.1. The zero-order valence-electron chi connectivity index (χ0n) is 13.6. The summed E-state index contributed by atoms with van der Waals surface area (Å²) in [6.45, 7) is 1.70. The van der Waals surface area contributed by atoms with Crippen molar-refractivity contribution in [2.45, 2.75) is 23.4 Å². The monoisotopic (exact) mass is 383 g/mol. The summed E-state index contributed by atoms with van der Waals surface area (Å²) < 4.78 is 37.9. The molecule has 4 N–H and O–H groups in total. The van der Waals surface area contributed by atoms with Crippen LogP contribution in [0.1, 0.15) is 28.9 Å². The lowest BCUT2D eigenvalue weighted by Gasteiger charge is -2.17. The number of amides is 3. The van der Waals surface area contributed by atoms with Crippen molar-refractivity contribution < 1.29 is 22.8 Å². The highest BCUT2D eigenvalue weighted by atomic mass is 32.2. The highest BCUT2D eigenvalue weighted by molar-refractivity contribution is 8.00. The van der Waals surface area contributed by atoms with Gasteiger partial charge in [0.2, 0.25) is 0 Å². The van der Waals surface area contributed by atoms with Gasteiger partial charge in [0.25, 0.3) is 5.91 Å². The highest BCUT2D eigenvalue weighted by Crippen LogP contribution is 2.38. The smallest absolute Gasteiger partial charge is 0.351 e. The molecule has 0 aliphatic rings. The number of urea groups is 1. The summed E-state index contributed by atoms with van der Waals surface area (Å²) in [5.74, 6) is -0.607. The van der Waals surface area contributed by atoms with E-state index in [2.05, 4.69) is 10.6 Å². The van der Waals surface area contributed by atoms with Gasteiger partial charge in [-0.05, 0) is 48.5 Å². The maximum Gasteiger partial charge on any atom is 0.446 e. The average Bonchev–Trinajstić information content (AvgIpc) is 2.53. The molecule has 5 nitrogen and oxygen atoms in total. The topological polar surface area (TPSA) is 84.2 Å². The lowest BCUT2D eigenvalue weighted by molar-refractivity contribution is -0.0328. The largest absolute Gasteiger partial charge is 0.446 e. The summed E-state index contributed by atoms with van der Waals surface area (Å²) in [4.78, 5) is 23.0. The molecule has 0 fully saturated rings. The number of thioether (sulfide) groups is 1. The minimum Gasteiger partial charge on any atom is -0.351 e. The van der Waals surface area contributed by atoms with Gasteiger partial charge in [-0.25, -0.2) is 4.79 Å². The molecule has 2 aromatic rings. The second-order valence-corrected chi connectivity index (χ2v) is 6.46. The molecule has 0 aromatic heterocycles. The first-order chi connectivity index (χ1) is 12.2. The van der Waals surface area contributed by atoms with Crippen LogP contribution in [0, 0.1) is 0 Å². The van der Waals surface area contributed by atoms with Crippen LogP contribution >= 0.6 is 11.8 Å². The van der Waals surface area contributed by atoms with Gasteiger partial charge in [0.15, 0.2) is 0 Å². The van der Waals surface area contributed by atoms with Gasteiger partial charge in [-0.2, -0.15) is 13.2 Å². The van der Waals surface area contributed by atoms with Crippen LogP contribution in [-0.2, 0) is 0 Å². The van der Waals surface area contributed by atoms with Crippen molar-refractivity contribution in [3.05, 3.63) is 59.7 Å². The zero-order chi connectivity index (χ0) is 19.3. The van der Waals surface area contributed by atoms with Crippen LogP contribution in [0.5, 0.6) is 0 Å². The second kappa shape index (κ2) is 8.13. The van der Waals surface area contributed by atoms with Crippen LogP contribution in [0.15, 0.2) is 53.4 Å². The summed E-state index contributed by atoms with van der Waals surface area (Å²) >= 11 is -0.327. The Morgan fingerprint density at radius 3 is 2.27 bits per heavy atom. The number of nitrogens with one attached hydrogen (secondary N) is 2. The Bertz CT molecular complexity index is 795. The summed E-state index contributed by atoms with van der Waals surface area (Å²) in [6.07, 6.45) is 0. The second-order valence-electron chi connectivity index (χ2n) is 5.35. The first-order valence-corrected chi connectivity index (χ1v) is 8.29. The first-order valence-electron chi connectivity index (χ1n) is 7.48. The molecule has 9 heteroatoms. The third-order valence-electron chi connectivity index (χ3n) is 3.38. The van der Waals surface area contributed by atoms with E-state index in [0.29, 0.717) is 11.3 Å². The number of carbonyl (C=O) groups excluding carboxylic acids is 2. The minimum absolute atomic E-state index is 0.0475. The van der Waals surface area contributed by atoms with Gasteiger partial charge in [0.05, 0.1) is 11.6 Å². The van der Waals surface area contributed by atoms with Crippen molar-refractivity contribution >= 4 is 29.4 Å². The Balaban J connectivity index is 2.11. The van der Waals surface area contributed by atoms with Crippen molar-refractivity contribution in [2.24, 2.45) is 5.73 Å². The number of primary amides is 1. The number of benzene rings is 2. The molecule has 0 heterocycles. The van der Waals surface area contributed by atoms with Crippen LogP contribution < -0.4 is 16.4 Å². The molecule has 3 amide bonds.